The van der Waals surface area contributed by atoms with Crippen molar-refractivity contribution in [2.24, 2.45) is 5.92 Å². The Labute approximate surface area is 214 Å². The van der Waals surface area contributed by atoms with Gasteiger partial charge in [0, 0.05) is 61.9 Å². The number of likely N-dealkylation sites (tertiary alicyclic amines) is 1. The molecule has 2 aliphatic rings. The van der Waals surface area contributed by atoms with Crippen LogP contribution < -0.4 is 0 Å². The predicted octanol–water partition coefficient (Wildman–Crippen LogP) is 3.27. The number of piperazine rings is 1. The third-order valence-corrected chi connectivity index (χ3v) is 7.47. The van der Waals surface area contributed by atoms with Crippen LogP contribution in [-0.2, 0) is 11.2 Å². The number of fused-ring (bicyclic) bond motifs is 1. The number of rotatable bonds is 5. The highest BCUT2D eigenvalue weighted by molar-refractivity contribution is 6.45. The van der Waals surface area contributed by atoms with E-state index in [2.05, 4.69) is 29.2 Å². The number of carbonyl (C=O) groups is 4. The van der Waals surface area contributed by atoms with Gasteiger partial charge >= 0.3 is 6.09 Å². The molecule has 2 N–H and O–H groups in total. The van der Waals surface area contributed by atoms with Gasteiger partial charge < -0.3 is 24.8 Å². The summed E-state index contributed by atoms with van der Waals surface area (Å²) in [6.45, 7) is 2.06. The average molecular weight is 503 g/mol. The molecule has 0 spiro atoms. The Kier molecular flexibility index (Phi) is 6.94. The number of benzene rings is 2. The summed E-state index contributed by atoms with van der Waals surface area (Å²) in [5, 5.41) is 9.63. The second-order valence-corrected chi connectivity index (χ2v) is 9.78. The average Bonchev–Trinajstić information content (AvgIpc) is 3.36. The molecule has 3 amide bonds. The van der Waals surface area contributed by atoms with Crippen molar-refractivity contribution in [3.63, 3.8) is 0 Å². The van der Waals surface area contributed by atoms with Crippen LogP contribution in [0.15, 0.2) is 54.7 Å². The quantitative estimate of drug-likeness (QED) is 0.411. The SMILES string of the molecule is O=C(C(=O)N1CCN(C(=O)O)CC1)c1c[nH]c2ccc(C(=O)N3CCC(Cc4ccccc4)CC3)cc12. The van der Waals surface area contributed by atoms with E-state index in [-0.39, 0.29) is 37.6 Å². The fraction of sp³-hybridized carbons (Fsp3) is 0.357. The molecule has 0 bridgehead atoms. The maximum atomic E-state index is 13.3. The van der Waals surface area contributed by atoms with E-state index >= 15 is 0 Å². The summed E-state index contributed by atoms with van der Waals surface area (Å²) in [7, 11) is 0. The summed E-state index contributed by atoms with van der Waals surface area (Å²) >= 11 is 0. The zero-order chi connectivity index (χ0) is 25.9. The lowest BCUT2D eigenvalue weighted by molar-refractivity contribution is -0.127. The minimum atomic E-state index is -1.03. The number of H-pyrrole nitrogens is 1. The molecular weight excluding hydrogens is 472 g/mol. The van der Waals surface area contributed by atoms with Crippen LogP contribution >= 0.6 is 0 Å². The van der Waals surface area contributed by atoms with Gasteiger partial charge in [-0.2, -0.15) is 0 Å². The first-order valence-electron chi connectivity index (χ1n) is 12.7. The summed E-state index contributed by atoms with van der Waals surface area (Å²) in [5.74, 6) is -0.855. The molecule has 5 rings (SSSR count). The third-order valence-electron chi connectivity index (χ3n) is 7.47. The molecule has 0 aliphatic carbocycles. The first kappa shape index (κ1) is 24.5. The van der Waals surface area contributed by atoms with Crippen molar-refractivity contribution in [3.05, 3.63) is 71.4 Å². The number of aromatic nitrogens is 1. The van der Waals surface area contributed by atoms with Gasteiger partial charge in [0.15, 0.2) is 0 Å². The largest absolute Gasteiger partial charge is 0.465 e. The van der Waals surface area contributed by atoms with Gasteiger partial charge in [-0.05, 0) is 48.9 Å². The van der Waals surface area contributed by atoms with Crippen LogP contribution in [0.1, 0.15) is 39.1 Å². The molecule has 3 heterocycles. The summed E-state index contributed by atoms with van der Waals surface area (Å²) in [6, 6.07) is 15.6. The molecular formula is C28H30N4O5. The van der Waals surface area contributed by atoms with Gasteiger partial charge in [-0.3, -0.25) is 14.4 Å². The van der Waals surface area contributed by atoms with Gasteiger partial charge in [0.2, 0.25) is 0 Å². The Morgan fingerprint density at radius 1 is 0.838 bits per heavy atom. The smallest absolute Gasteiger partial charge is 0.407 e. The molecule has 0 atom stereocenters. The van der Waals surface area contributed by atoms with E-state index in [4.69, 9.17) is 5.11 Å². The van der Waals surface area contributed by atoms with Crippen molar-refractivity contribution in [3.8, 4) is 0 Å². The number of hydrogen-bond acceptors (Lipinski definition) is 4. The van der Waals surface area contributed by atoms with Gasteiger partial charge in [0.05, 0.1) is 5.56 Å². The molecule has 2 aromatic carbocycles. The van der Waals surface area contributed by atoms with Crippen molar-refractivity contribution in [1.82, 2.24) is 19.7 Å². The molecule has 9 nitrogen and oxygen atoms in total. The van der Waals surface area contributed by atoms with E-state index < -0.39 is 17.8 Å². The van der Waals surface area contributed by atoms with Crippen LogP contribution in [-0.4, -0.2) is 87.7 Å². The van der Waals surface area contributed by atoms with Crippen molar-refractivity contribution < 1.29 is 24.3 Å². The molecule has 1 aromatic heterocycles. The van der Waals surface area contributed by atoms with E-state index in [0.29, 0.717) is 35.5 Å². The molecule has 2 saturated heterocycles. The number of nitrogens with zero attached hydrogens (tertiary/aromatic N) is 3. The van der Waals surface area contributed by atoms with E-state index in [1.807, 2.05) is 11.0 Å². The summed E-state index contributed by atoms with van der Waals surface area (Å²) in [4.78, 5) is 57.8. The van der Waals surface area contributed by atoms with Gasteiger partial charge in [0.25, 0.3) is 17.6 Å². The van der Waals surface area contributed by atoms with Crippen LogP contribution in [0, 0.1) is 5.92 Å². The Bertz CT molecular complexity index is 1320. The Hall–Kier alpha value is -4.14. The minimum absolute atomic E-state index is 0.0734. The Morgan fingerprint density at radius 2 is 1.51 bits per heavy atom. The zero-order valence-electron chi connectivity index (χ0n) is 20.6. The van der Waals surface area contributed by atoms with Crippen LogP contribution in [0.5, 0.6) is 0 Å². The monoisotopic (exact) mass is 502 g/mol. The standard InChI is InChI=1S/C28H30N4O5/c33-25(27(35)31-12-14-32(15-13-31)28(36)37)23-18-29-24-7-6-21(17-22(23)24)26(34)30-10-8-20(9-11-30)16-19-4-2-1-3-5-19/h1-7,17-18,20,29H,8-16H2,(H,36,37). The van der Waals surface area contributed by atoms with Gasteiger partial charge in [-0.25, -0.2) is 4.79 Å². The van der Waals surface area contributed by atoms with Gasteiger partial charge in [-0.1, -0.05) is 30.3 Å². The molecule has 9 heteroatoms. The Morgan fingerprint density at radius 3 is 2.19 bits per heavy atom. The number of carbonyl (C=O) groups excluding carboxylic acids is 3. The third kappa shape index (κ3) is 5.21. The molecule has 3 aromatic rings. The highest BCUT2D eigenvalue weighted by Crippen LogP contribution is 2.25. The number of amides is 3. The number of Topliss-reactive ketones (excluding diaryl/α,β-unsaturated/α-hetero) is 1. The molecule has 2 aliphatic heterocycles. The lowest BCUT2D eigenvalue weighted by Crippen LogP contribution is -2.51. The fourth-order valence-electron chi connectivity index (χ4n) is 5.27. The molecule has 2 fully saturated rings. The molecule has 0 radical (unpaired) electrons. The van der Waals surface area contributed by atoms with Crippen LogP contribution in [0.3, 0.4) is 0 Å². The van der Waals surface area contributed by atoms with Crippen LogP contribution in [0.4, 0.5) is 4.79 Å². The second-order valence-electron chi connectivity index (χ2n) is 9.78. The van der Waals surface area contributed by atoms with Gasteiger partial charge in [0.1, 0.15) is 0 Å². The lowest BCUT2D eigenvalue weighted by Gasteiger charge is -2.32. The Balaban J connectivity index is 1.25. The number of hydrogen-bond donors (Lipinski definition) is 2. The molecule has 0 unspecified atom stereocenters. The summed E-state index contributed by atoms with van der Waals surface area (Å²) in [6.07, 6.45) is 3.37. The number of carboxylic acid groups (broad SMARTS) is 1. The zero-order valence-corrected chi connectivity index (χ0v) is 20.6. The van der Waals surface area contributed by atoms with Crippen molar-refractivity contribution in [2.45, 2.75) is 19.3 Å². The molecule has 192 valence electrons. The highest BCUT2D eigenvalue weighted by atomic mass is 16.4. The van der Waals surface area contributed by atoms with Crippen LogP contribution in [0.2, 0.25) is 0 Å². The predicted molar refractivity (Wildman–Crippen MR) is 138 cm³/mol. The van der Waals surface area contributed by atoms with Crippen molar-refractivity contribution >= 4 is 34.6 Å². The van der Waals surface area contributed by atoms with Crippen molar-refractivity contribution in [1.29, 1.82) is 0 Å². The van der Waals surface area contributed by atoms with Gasteiger partial charge in [-0.15, -0.1) is 0 Å². The van der Waals surface area contributed by atoms with E-state index in [1.54, 1.807) is 18.2 Å². The molecule has 37 heavy (non-hydrogen) atoms. The highest BCUT2D eigenvalue weighted by Gasteiger charge is 2.30. The first-order valence-corrected chi connectivity index (χ1v) is 12.7. The number of piperidine rings is 1. The maximum Gasteiger partial charge on any atom is 0.407 e. The number of aromatic amines is 1. The number of nitrogens with one attached hydrogen (secondary N) is 1. The van der Waals surface area contributed by atoms with E-state index in [1.165, 1.54) is 21.6 Å². The maximum absolute atomic E-state index is 13.3. The van der Waals surface area contributed by atoms with Crippen molar-refractivity contribution in [2.75, 3.05) is 39.3 Å². The fourth-order valence-corrected chi connectivity index (χ4v) is 5.27. The van der Waals surface area contributed by atoms with E-state index in [0.717, 1.165) is 19.3 Å². The lowest BCUT2D eigenvalue weighted by atomic mass is 9.90. The second kappa shape index (κ2) is 10.5. The van der Waals surface area contributed by atoms with E-state index in [9.17, 15) is 19.2 Å². The first-order chi connectivity index (χ1) is 17.9. The summed E-state index contributed by atoms with van der Waals surface area (Å²) < 4.78 is 0. The number of ketones is 1. The minimum Gasteiger partial charge on any atom is -0.465 e. The topological polar surface area (TPSA) is 114 Å². The van der Waals surface area contributed by atoms with Crippen LogP contribution in [0.25, 0.3) is 10.9 Å². The molecule has 0 saturated carbocycles. The summed E-state index contributed by atoms with van der Waals surface area (Å²) in [5.41, 5.74) is 2.70. The normalized spacial score (nSPS) is 16.7.